The van der Waals surface area contributed by atoms with Crippen LogP contribution in [0.15, 0.2) is 17.7 Å². The number of ether oxygens (including phenoxy) is 2. The maximum Gasteiger partial charge on any atom is 0.179 e. The molecule has 1 aromatic rings. The van der Waals surface area contributed by atoms with Crippen LogP contribution in [0.2, 0.25) is 5.02 Å². The van der Waals surface area contributed by atoms with Gasteiger partial charge >= 0.3 is 0 Å². The lowest BCUT2D eigenvalue weighted by Crippen LogP contribution is -2.26. The van der Waals surface area contributed by atoms with Crippen LogP contribution in [0.25, 0.3) is 6.08 Å². The molecule has 3 nitrogen and oxygen atoms in total. The molecule has 1 rings (SSSR count). The summed E-state index contributed by atoms with van der Waals surface area (Å²) in [6.07, 6.45) is 2.11. The average Bonchev–Trinajstić information content (AvgIpc) is 2.41. The van der Waals surface area contributed by atoms with E-state index in [9.17, 15) is 0 Å². The van der Waals surface area contributed by atoms with Crippen LogP contribution in [0.3, 0.4) is 0 Å². The van der Waals surface area contributed by atoms with E-state index in [1.807, 2.05) is 19.1 Å². The molecule has 0 fully saturated rings. The molecule has 1 N–H and O–H groups in total. The van der Waals surface area contributed by atoms with E-state index in [0.29, 0.717) is 29.2 Å². The van der Waals surface area contributed by atoms with Crippen molar-refractivity contribution in [1.29, 1.82) is 0 Å². The maximum absolute atomic E-state index is 6.27. The van der Waals surface area contributed by atoms with E-state index in [1.165, 1.54) is 5.57 Å². The molecule has 0 spiro atoms. The van der Waals surface area contributed by atoms with Crippen molar-refractivity contribution in [2.75, 3.05) is 20.3 Å². The van der Waals surface area contributed by atoms with Gasteiger partial charge in [-0.3, -0.25) is 0 Å². The highest BCUT2D eigenvalue weighted by Gasteiger charge is 2.11. The van der Waals surface area contributed by atoms with Gasteiger partial charge in [0.25, 0.3) is 0 Å². The Morgan fingerprint density at radius 3 is 2.65 bits per heavy atom. The van der Waals surface area contributed by atoms with Crippen LogP contribution in [-0.2, 0) is 0 Å². The van der Waals surface area contributed by atoms with Crippen LogP contribution >= 0.6 is 11.6 Å². The topological polar surface area (TPSA) is 30.5 Å². The normalized spacial score (nSPS) is 13.2. The number of hydrogen-bond donors (Lipinski definition) is 1. The summed E-state index contributed by atoms with van der Waals surface area (Å²) in [5.41, 5.74) is 2.26. The standard InChI is InChI=1S/C16H24ClNO2/c1-6-18-12(4)11(3)8-13-9-14(17)16(20-7-2)15(10-13)19-5/h8-10,12,18H,6-7H2,1-5H3/b11-8+. The van der Waals surface area contributed by atoms with Crippen LogP contribution in [-0.4, -0.2) is 26.3 Å². The summed E-state index contributed by atoms with van der Waals surface area (Å²) < 4.78 is 10.9. The predicted octanol–water partition coefficient (Wildman–Crippen LogP) is 4.15. The average molecular weight is 298 g/mol. The molecular formula is C16H24ClNO2. The van der Waals surface area contributed by atoms with Crippen LogP contribution in [0.5, 0.6) is 11.5 Å². The molecule has 0 heterocycles. The van der Waals surface area contributed by atoms with Gasteiger partial charge in [-0.1, -0.05) is 30.2 Å². The van der Waals surface area contributed by atoms with Crippen molar-refractivity contribution < 1.29 is 9.47 Å². The van der Waals surface area contributed by atoms with Gasteiger partial charge in [0.15, 0.2) is 11.5 Å². The van der Waals surface area contributed by atoms with Crippen LogP contribution in [0.1, 0.15) is 33.3 Å². The molecule has 1 aromatic carbocycles. The summed E-state index contributed by atoms with van der Waals surface area (Å²) in [7, 11) is 1.62. The molecule has 112 valence electrons. The summed E-state index contributed by atoms with van der Waals surface area (Å²) >= 11 is 6.27. The van der Waals surface area contributed by atoms with Crippen molar-refractivity contribution in [3.63, 3.8) is 0 Å². The largest absolute Gasteiger partial charge is 0.493 e. The fraction of sp³-hybridized carbons (Fsp3) is 0.500. The zero-order valence-electron chi connectivity index (χ0n) is 12.9. The van der Waals surface area contributed by atoms with Crippen molar-refractivity contribution in [3.05, 3.63) is 28.3 Å². The van der Waals surface area contributed by atoms with E-state index in [-0.39, 0.29) is 0 Å². The summed E-state index contributed by atoms with van der Waals surface area (Å²) in [4.78, 5) is 0. The van der Waals surface area contributed by atoms with Crippen LogP contribution < -0.4 is 14.8 Å². The van der Waals surface area contributed by atoms with Gasteiger partial charge < -0.3 is 14.8 Å². The van der Waals surface area contributed by atoms with Gasteiger partial charge in [0.05, 0.1) is 18.7 Å². The first-order valence-corrected chi connectivity index (χ1v) is 7.33. The van der Waals surface area contributed by atoms with E-state index in [4.69, 9.17) is 21.1 Å². The Morgan fingerprint density at radius 1 is 1.40 bits per heavy atom. The number of halogens is 1. The molecule has 0 saturated carbocycles. The highest BCUT2D eigenvalue weighted by Crippen LogP contribution is 2.37. The molecule has 4 heteroatoms. The van der Waals surface area contributed by atoms with E-state index < -0.39 is 0 Å². The summed E-state index contributed by atoms with van der Waals surface area (Å²) in [6, 6.07) is 4.17. The Kier molecular flexibility index (Phi) is 6.89. The molecule has 0 bridgehead atoms. The quantitative estimate of drug-likeness (QED) is 0.820. The highest BCUT2D eigenvalue weighted by molar-refractivity contribution is 6.32. The molecule has 0 aromatic heterocycles. The second-order valence-electron chi connectivity index (χ2n) is 4.63. The third-order valence-electron chi connectivity index (χ3n) is 3.13. The number of nitrogens with one attached hydrogen (secondary N) is 1. The van der Waals surface area contributed by atoms with Gasteiger partial charge in [0, 0.05) is 6.04 Å². The first-order valence-electron chi connectivity index (χ1n) is 6.95. The Labute approximate surface area is 126 Å². The fourth-order valence-corrected chi connectivity index (χ4v) is 2.24. The number of likely N-dealkylation sites (N-methyl/N-ethyl adjacent to an activating group) is 1. The Bertz CT molecular complexity index is 472. The second-order valence-corrected chi connectivity index (χ2v) is 5.04. The summed E-state index contributed by atoms with van der Waals surface area (Å²) in [6.45, 7) is 9.76. The number of benzene rings is 1. The SMILES string of the molecule is CCNC(C)/C(C)=C/c1cc(Cl)c(OCC)c(OC)c1. The summed E-state index contributed by atoms with van der Waals surface area (Å²) in [5.74, 6) is 1.26. The minimum Gasteiger partial charge on any atom is -0.493 e. The molecule has 1 unspecified atom stereocenters. The van der Waals surface area contributed by atoms with Gasteiger partial charge in [-0.25, -0.2) is 0 Å². The molecule has 0 aliphatic heterocycles. The van der Waals surface area contributed by atoms with E-state index in [0.717, 1.165) is 12.1 Å². The molecule has 0 aliphatic carbocycles. The third-order valence-corrected chi connectivity index (χ3v) is 3.41. The first-order chi connectivity index (χ1) is 9.53. The zero-order valence-corrected chi connectivity index (χ0v) is 13.7. The van der Waals surface area contributed by atoms with Crippen molar-refractivity contribution in [3.8, 4) is 11.5 Å². The number of methoxy groups -OCH3 is 1. The number of hydrogen-bond acceptors (Lipinski definition) is 3. The second kappa shape index (κ2) is 8.18. The molecule has 1 atom stereocenters. The molecule has 0 aliphatic rings. The van der Waals surface area contributed by atoms with Crippen molar-refractivity contribution in [1.82, 2.24) is 5.32 Å². The zero-order chi connectivity index (χ0) is 15.1. The third kappa shape index (κ3) is 4.43. The van der Waals surface area contributed by atoms with Crippen LogP contribution in [0, 0.1) is 0 Å². The first kappa shape index (κ1) is 16.9. The van der Waals surface area contributed by atoms with E-state index >= 15 is 0 Å². The highest BCUT2D eigenvalue weighted by atomic mass is 35.5. The van der Waals surface area contributed by atoms with Gasteiger partial charge in [-0.05, 0) is 45.0 Å². The lowest BCUT2D eigenvalue weighted by Gasteiger charge is -2.15. The van der Waals surface area contributed by atoms with Gasteiger partial charge in [-0.15, -0.1) is 0 Å². The fourth-order valence-electron chi connectivity index (χ4n) is 1.96. The Hall–Kier alpha value is -1.19. The van der Waals surface area contributed by atoms with E-state index in [1.54, 1.807) is 7.11 Å². The lowest BCUT2D eigenvalue weighted by molar-refractivity contribution is 0.311. The van der Waals surface area contributed by atoms with Gasteiger partial charge in [0.2, 0.25) is 0 Å². The van der Waals surface area contributed by atoms with Crippen molar-refractivity contribution in [2.24, 2.45) is 0 Å². The predicted molar refractivity (Wildman–Crippen MR) is 86.0 cm³/mol. The molecule has 20 heavy (non-hydrogen) atoms. The van der Waals surface area contributed by atoms with Gasteiger partial charge in [-0.2, -0.15) is 0 Å². The molecule has 0 amide bonds. The van der Waals surface area contributed by atoms with E-state index in [2.05, 4.69) is 32.2 Å². The Balaban J connectivity index is 3.08. The lowest BCUT2D eigenvalue weighted by atomic mass is 10.1. The van der Waals surface area contributed by atoms with Crippen molar-refractivity contribution in [2.45, 2.75) is 33.7 Å². The van der Waals surface area contributed by atoms with Gasteiger partial charge in [0.1, 0.15) is 0 Å². The summed E-state index contributed by atoms with van der Waals surface area (Å²) in [5, 5.41) is 3.95. The number of rotatable bonds is 7. The molecular weight excluding hydrogens is 274 g/mol. The minimum absolute atomic E-state index is 0.330. The minimum atomic E-state index is 0.330. The van der Waals surface area contributed by atoms with Crippen LogP contribution in [0.4, 0.5) is 0 Å². The molecule has 0 radical (unpaired) electrons. The molecule has 0 saturated heterocycles. The Morgan fingerprint density at radius 2 is 2.10 bits per heavy atom. The monoisotopic (exact) mass is 297 g/mol. The van der Waals surface area contributed by atoms with Crippen molar-refractivity contribution >= 4 is 17.7 Å². The smallest absolute Gasteiger partial charge is 0.179 e. The maximum atomic E-state index is 6.27.